The molecule has 0 bridgehead atoms. The SMILES string of the molecule is CCCCOCCCNc1nc(C)c(C)s1. The zero-order valence-electron chi connectivity index (χ0n) is 10.5. The number of rotatable bonds is 8. The number of hydrogen-bond donors (Lipinski definition) is 1. The second kappa shape index (κ2) is 7.63. The van der Waals surface area contributed by atoms with Crippen LogP contribution in [0, 0.1) is 13.8 Å². The third-order valence-corrected chi connectivity index (χ3v) is 3.44. The summed E-state index contributed by atoms with van der Waals surface area (Å²) in [4.78, 5) is 5.72. The minimum Gasteiger partial charge on any atom is -0.381 e. The molecule has 0 aliphatic heterocycles. The van der Waals surface area contributed by atoms with Crippen molar-refractivity contribution in [1.82, 2.24) is 4.98 Å². The van der Waals surface area contributed by atoms with Crippen molar-refractivity contribution in [2.75, 3.05) is 25.1 Å². The maximum atomic E-state index is 5.48. The van der Waals surface area contributed by atoms with Crippen molar-refractivity contribution in [3.8, 4) is 0 Å². The molecule has 1 aromatic rings. The van der Waals surface area contributed by atoms with Crippen LogP contribution in [0.15, 0.2) is 0 Å². The van der Waals surface area contributed by atoms with Crippen molar-refractivity contribution < 1.29 is 4.74 Å². The standard InChI is InChI=1S/C12H22N2OS/c1-4-5-8-15-9-6-7-13-12-14-10(2)11(3)16-12/h4-9H2,1-3H3,(H,13,14). The van der Waals surface area contributed by atoms with Gasteiger partial charge in [-0.2, -0.15) is 0 Å². The third kappa shape index (κ3) is 4.94. The summed E-state index contributed by atoms with van der Waals surface area (Å²) in [6.07, 6.45) is 3.41. The Balaban J connectivity index is 2.03. The van der Waals surface area contributed by atoms with E-state index in [0.29, 0.717) is 0 Å². The van der Waals surface area contributed by atoms with E-state index >= 15 is 0 Å². The van der Waals surface area contributed by atoms with Gasteiger partial charge in [-0.15, -0.1) is 11.3 Å². The van der Waals surface area contributed by atoms with Crippen molar-refractivity contribution in [3.05, 3.63) is 10.6 Å². The van der Waals surface area contributed by atoms with Gasteiger partial charge in [-0.1, -0.05) is 13.3 Å². The van der Waals surface area contributed by atoms with Gasteiger partial charge in [0.2, 0.25) is 0 Å². The van der Waals surface area contributed by atoms with Gasteiger partial charge in [0, 0.05) is 24.6 Å². The predicted molar refractivity (Wildman–Crippen MR) is 70.4 cm³/mol. The lowest BCUT2D eigenvalue weighted by Crippen LogP contribution is -2.06. The fourth-order valence-corrected chi connectivity index (χ4v) is 2.11. The summed E-state index contributed by atoms with van der Waals surface area (Å²) >= 11 is 1.72. The van der Waals surface area contributed by atoms with Crippen molar-refractivity contribution in [1.29, 1.82) is 0 Å². The van der Waals surface area contributed by atoms with Crippen LogP contribution in [0.1, 0.15) is 36.8 Å². The van der Waals surface area contributed by atoms with Gasteiger partial charge in [-0.25, -0.2) is 4.98 Å². The summed E-state index contributed by atoms with van der Waals surface area (Å²) in [5.41, 5.74) is 1.13. The van der Waals surface area contributed by atoms with Gasteiger partial charge in [0.15, 0.2) is 5.13 Å². The first-order valence-corrected chi connectivity index (χ1v) is 6.81. The summed E-state index contributed by atoms with van der Waals surface area (Å²) in [5, 5.41) is 4.36. The Hall–Kier alpha value is -0.610. The van der Waals surface area contributed by atoms with Crippen molar-refractivity contribution in [2.45, 2.75) is 40.0 Å². The van der Waals surface area contributed by atoms with Crippen LogP contribution >= 0.6 is 11.3 Å². The van der Waals surface area contributed by atoms with Crippen LogP contribution in [0.5, 0.6) is 0 Å². The van der Waals surface area contributed by atoms with Gasteiger partial charge in [0.05, 0.1) is 5.69 Å². The Kier molecular flexibility index (Phi) is 6.42. The predicted octanol–water partition coefficient (Wildman–Crippen LogP) is 3.38. The Morgan fingerprint density at radius 1 is 1.25 bits per heavy atom. The molecule has 0 spiro atoms. The van der Waals surface area contributed by atoms with E-state index in [1.807, 2.05) is 6.92 Å². The number of ether oxygens (including phenoxy) is 1. The van der Waals surface area contributed by atoms with Crippen LogP contribution in [-0.4, -0.2) is 24.7 Å². The average Bonchev–Trinajstić information content (AvgIpc) is 2.57. The Bertz CT molecular complexity index is 280. The second-order valence-electron chi connectivity index (χ2n) is 3.91. The quantitative estimate of drug-likeness (QED) is 0.710. The van der Waals surface area contributed by atoms with Crippen LogP contribution in [0.25, 0.3) is 0 Å². The highest BCUT2D eigenvalue weighted by Crippen LogP contribution is 2.20. The van der Waals surface area contributed by atoms with Gasteiger partial charge < -0.3 is 10.1 Å². The molecule has 0 radical (unpaired) electrons. The van der Waals surface area contributed by atoms with Crippen molar-refractivity contribution in [2.24, 2.45) is 0 Å². The van der Waals surface area contributed by atoms with Gasteiger partial charge in [-0.05, 0) is 26.7 Å². The molecule has 4 heteroatoms. The molecule has 0 saturated heterocycles. The smallest absolute Gasteiger partial charge is 0.183 e. The number of hydrogen-bond acceptors (Lipinski definition) is 4. The van der Waals surface area contributed by atoms with E-state index in [9.17, 15) is 0 Å². The Labute approximate surface area is 102 Å². The first-order chi connectivity index (χ1) is 7.74. The van der Waals surface area contributed by atoms with Crippen molar-refractivity contribution >= 4 is 16.5 Å². The molecule has 0 unspecified atom stereocenters. The van der Waals surface area contributed by atoms with E-state index in [4.69, 9.17) is 4.74 Å². The molecule has 0 fully saturated rings. The third-order valence-electron chi connectivity index (χ3n) is 2.41. The van der Waals surface area contributed by atoms with E-state index in [1.165, 1.54) is 11.3 Å². The summed E-state index contributed by atoms with van der Waals surface area (Å²) in [6.45, 7) is 9.01. The molecular formula is C12H22N2OS. The van der Waals surface area contributed by atoms with E-state index in [1.54, 1.807) is 11.3 Å². The van der Waals surface area contributed by atoms with Gasteiger partial charge >= 0.3 is 0 Å². The zero-order chi connectivity index (χ0) is 11.8. The Morgan fingerprint density at radius 3 is 2.62 bits per heavy atom. The molecule has 1 heterocycles. The van der Waals surface area contributed by atoms with Gasteiger partial charge in [0.25, 0.3) is 0 Å². The first kappa shape index (κ1) is 13.5. The summed E-state index contributed by atoms with van der Waals surface area (Å²) in [7, 11) is 0. The molecule has 92 valence electrons. The van der Waals surface area contributed by atoms with Crippen LogP contribution in [-0.2, 0) is 4.74 Å². The van der Waals surface area contributed by atoms with Crippen LogP contribution < -0.4 is 5.32 Å². The molecular weight excluding hydrogens is 220 g/mol. The molecule has 0 saturated carbocycles. The molecule has 1 aromatic heterocycles. The normalized spacial score (nSPS) is 10.7. The minimum atomic E-state index is 0.844. The van der Waals surface area contributed by atoms with Crippen LogP contribution in [0.4, 0.5) is 5.13 Å². The average molecular weight is 242 g/mol. The summed E-state index contributed by atoms with van der Waals surface area (Å²) < 4.78 is 5.48. The number of unbranched alkanes of at least 4 members (excludes halogenated alkanes) is 1. The summed E-state index contributed by atoms with van der Waals surface area (Å²) in [6, 6.07) is 0. The number of aryl methyl sites for hydroxylation is 2. The fourth-order valence-electron chi connectivity index (χ4n) is 1.27. The highest BCUT2D eigenvalue weighted by atomic mass is 32.1. The van der Waals surface area contributed by atoms with Gasteiger partial charge in [0.1, 0.15) is 0 Å². The van der Waals surface area contributed by atoms with Gasteiger partial charge in [-0.3, -0.25) is 0 Å². The highest BCUT2D eigenvalue weighted by Gasteiger charge is 2.01. The first-order valence-electron chi connectivity index (χ1n) is 5.99. The minimum absolute atomic E-state index is 0.844. The largest absolute Gasteiger partial charge is 0.381 e. The molecule has 0 aliphatic carbocycles. The van der Waals surface area contributed by atoms with Crippen LogP contribution in [0.3, 0.4) is 0 Å². The maximum Gasteiger partial charge on any atom is 0.183 e. The van der Waals surface area contributed by atoms with E-state index in [0.717, 1.165) is 43.4 Å². The fraction of sp³-hybridized carbons (Fsp3) is 0.750. The van der Waals surface area contributed by atoms with E-state index in [2.05, 4.69) is 24.1 Å². The molecule has 1 N–H and O–H groups in total. The number of thiazole rings is 1. The molecule has 0 aliphatic rings. The molecule has 1 rings (SSSR count). The Morgan fingerprint density at radius 2 is 2.00 bits per heavy atom. The van der Waals surface area contributed by atoms with E-state index < -0.39 is 0 Å². The topological polar surface area (TPSA) is 34.1 Å². The number of nitrogens with zero attached hydrogens (tertiary/aromatic N) is 1. The number of nitrogens with one attached hydrogen (secondary N) is 1. The second-order valence-corrected chi connectivity index (χ2v) is 5.11. The molecule has 16 heavy (non-hydrogen) atoms. The van der Waals surface area contributed by atoms with Crippen LogP contribution in [0.2, 0.25) is 0 Å². The molecule has 3 nitrogen and oxygen atoms in total. The maximum absolute atomic E-state index is 5.48. The number of aromatic nitrogens is 1. The lowest BCUT2D eigenvalue weighted by atomic mass is 10.4. The molecule has 0 aromatic carbocycles. The highest BCUT2D eigenvalue weighted by molar-refractivity contribution is 7.15. The zero-order valence-corrected chi connectivity index (χ0v) is 11.3. The monoisotopic (exact) mass is 242 g/mol. The lowest BCUT2D eigenvalue weighted by molar-refractivity contribution is 0.131. The number of anilines is 1. The lowest BCUT2D eigenvalue weighted by Gasteiger charge is -2.03. The molecule has 0 atom stereocenters. The van der Waals surface area contributed by atoms with E-state index in [-0.39, 0.29) is 0 Å². The van der Waals surface area contributed by atoms with Crippen molar-refractivity contribution in [3.63, 3.8) is 0 Å². The summed E-state index contributed by atoms with van der Waals surface area (Å²) in [5.74, 6) is 0. The molecule has 0 amide bonds.